The summed E-state index contributed by atoms with van der Waals surface area (Å²) in [6.45, 7) is 0.995. The van der Waals surface area contributed by atoms with Crippen LogP contribution in [0.3, 0.4) is 0 Å². The lowest BCUT2D eigenvalue weighted by atomic mass is 9.89. The predicted molar refractivity (Wildman–Crippen MR) is 62.4 cm³/mol. The van der Waals surface area contributed by atoms with Gasteiger partial charge in [-0.25, -0.2) is 8.42 Å². The van der Waals surface area contributed by atoms with Crippen molar-refractivity contribution in [3.8, 4) is 0 Å². The second-order valence-corrected chi connectivity index (χ2v) is 7.32. The molecule has 7 heteroatoms. The highest BCUT2D eigenvalue weighted by Crippen LogP contribution is 2.25. The Bertz CT molecular complexity index is 422. The summed E-state index contributed by atoms with van der Waals surface area (Å²) in [6.07, 6.45) is 1.76. The minimum absolute atomic E-state index is 0.0532. The zero-order valence-electron chi connectivity index (χ0n) is 9.63. The van der Waals surface area contributed by atoms with Gasteiger partial charge < -0.3 is 10.8 Å². The van der Waals surface area contributed by atoms with Crippen molar-refractivity contribution in [1.82, 2.24) is 4.90 Å². The van der Waals surface area contributed by atoms with Gasteiger partial charge >= 0.3 is 5.97 Å². The van der Waals surface area contributed by atoms with Crippen molar-refractivity contribution in [2.75, 3.05) is 24.6 Å². The first kappa shape index (κ1) is 12.8. The van der Waals surface area contributed by atoms with Gasteiger partial charge in [-0.1, -0.05) is 0 Å². The molecule has 0 radical (unpaired) electrons. The zero-order chi connectivity index (χ0) is 12.7. The predicted octanol–water partition coefficient (Wildman–Crippen LogP) is -0.949. The van der Waals surface area contributed by atoms with Gasteiger partial charge in [-0.3, -0.25) is 9.69 Å². The van der Waals surface area contributed by atoms with Crippen molar-refractivity contribution in [1.29, 1.82) is 0 Å². The topological polar surface area (TPSA) is 101 Å². The Hall–Kier alpha value is -0.660. The lowest BCUT2D eigenvalue weighted by molar-refractivity contribution is -0.145. The van der Waals surface area contributed by atoms with Crippen molar-refractivity contribution < 1.29 is 18.3 Å². The number of carbonyl (C=O) groups is 1. The maximum Gasteiger partial charge on any atom is 0.325 e. The molecule has 98 valence electrons. The van der Waals surface area contributed by atoms with Gasteiger partial charge in [-0.05, 0) is 25.8 Å². The standard InChI is InChI=1S/C10H18N2O4S/c11-10(9(13)14)3-1-4-12(7-10)8-2-5-17(15,16)6-8/h8H,1-7,11H2,(H,13,14). The monoisotopic (exact) mass is 262 g/mol. The molecule has 2 unspecified atom stereocenters. The molecule has 2 atom stereocenters. The molecule has 2 aliphatic rings. The summed E-state index contributed by atoms with van der Waals surface area (Å²) in [5, 5.41) is 9.09. The average molecular weight is 262 g/mol. The molecular weight excluding hydrogens is 244 g/mol. The second-order valence-electron chi connectivity index (χ2n) is 5.09. The van der Waals surface area contributed by atoms with Crippen LogP contribution in [0.1, 0.15) is 19.3 Å². The smallest absolute Gasteiger partial charge is 0.325 e. The summed E-state index contributed by atoms with van der Waals surface area (Å²) >= 11 is 0. The van der Waals surface area contributed by atoms with Gasteiger partial charge in [0.1, 0.15) is 5.54 Å². The van der Waals surface area contributed by atoms with Gasteiger partial charge in [0.15, 0.2) is 9.84 Å². The van der Waals surface area contributed by atoms with Gasteiger partial charge in [-0.15, -0.1) is 0 Å². The van der Waals surface area contributed by atoms with Crippen LogP contribution in [0, 0.1) is 0 Å². The van der Waals surface area contributed by atoms with Crippen molar-refractivity contribution in [3.05, 3.63) is 0 Å². The molecule has 17 heavy (non-hydrogen) atoms. The molecule has 0 spiro atoms. The molecule has 0 aromatic rings. The first-order valence-electron chi connectivity index (χ1n) is 5.79. The summed E-state index contributed by atoms with van der Waals surface area (Å²) in [4.78, 5) is 13.0. The fourth-order valence-electron chi connectivity index (χ4n) is 2.67. The summed E-state index contributed by atoms with van der Waals surface area (Å²) in [5.74, 6) is -0.648. The van der Waals surface area contributed by atoms with Crippen molar-refractivity contribution in [2.24, 2.45) is 5.73 Å². The number of aliphatic carboxylic acids is 1. The Morgan fingerprint density at radius 1 is 1.47 bits per heavy atom. The van der Waals surface area contributed by atoms with Crippen LogP contribution in [-0.4, -0.2) is 60.6 Å². The molecule has 0 aliphatic carbocycles. The number of rotatable bonds is 2. The highest BCUT2D eigenvalue weighted by atomic mass is 32.2. The van der Waals surface area contributed by atoms with Crippen LogP contribution in [0.2, 0.25) is 0 Å². The van der Waals surface area contributed by atoms with Gasteiger partial charge in [0.05, 0.1) is 11.5 Å². The maximum absolute atomic E-state index is 11.4. The number of carboxylic acids is 1. The summed E-state index contributed by atoms with van der Waals surface area (Å²) in [5.41, 5.74) is 4.62. The summed E-state index contributed by atoms with van der Waals surface area (Å²) < 4.78 is 22.8. The number of sulfone groups is 1. The third-order valence-electron chi connectivity index (χ3n) is 3.70. The largest absolute Gasteiger partial charge is 0.480 e. The van der Waals surface area contributed by atoms with E-state index >= 15 is 0 Å². The van der Waals surface area contributed by atoms with Gasteiger partial charge in [-0.2, -0.15) is 0 Å². The molecule has 2 rings (SSSR count). The van der Waals surface area contributed by atoms with E-state index in [1.807, 2.05) is 4.90 Å². The molecule has 0 aromatic heterocycles. The van der Waals surface area contributed by atoms with Gasteiger partial charge in [0.25, 0.3) is 0 Å². The van der Waals surface area contributed by atoms with E-state index in [9.17, 15) is 13.2 Å². The normalized spacial score (nSPS) is 38.1. The highest BCUT2D eigenvalue weighted by Gasteiger charge is 2.42. The van der Waals surface area contributed by atoms with Gasteiger partial charge in [0.2, 0.25) is 0 Å². The molecule has 2 aliphatic heterocycles. The minimum atomic E-state index is -2.93. The van der Waals surface area contributed by atoms with Crippen LogP contribution in [0.4, 0.5) is 0 Å². The number of carboxylic acid groups (broad SMARTS) is 1. The number of nitrogens with two attached hydrogens (primary N) is 1. The van der Waals surface area contributed by atoms with E-state index in [4.69, 9.17) is 10.8 Å². The summed E-state index contributed by atoms with van der Waals surface area (Å²) in [7, 11) is -2.93. The Morgan fingerprint density at radius 2 is 2.18 bits per heavy atom. The molecule has 2 fully saturated rings. The van der Waals surface area contributed by atoms with E-state index in [-0.39, 0.29) is 24.1 Å². The number of nitrogens with zero attached hydrogens (tertiary/aromatic N) is 1. The second kappa shape index (κ2) is 4.22. The molecule has 3 N–H and O–H groups in total. The number of likely N-dealkylation sites (tertiary alicyclic amines) is 1. The van der Waals surface area contributed by atoms with Crippen molar-refractivity contribution in [3.63, 3.8) is 0 Å². The molecule has 2 saturated heterocycles. The molecule has 0 aromatic carbocycles. The lowest BCUT2D eigenvalue weighted by Gasteiger charge is -2.40. The Morgan fingerprint density at radius 3 is 2.71 bits per heavy atom. The minimum Gasteiger partial charge on any atom is -0.480 e. The quantitative estimate of drug-likeness (QED) is 0.665. The fraction of sp³-hybridized carbons (Fsp3) is 0.900. The SMILES string of the molecule is NC1(C(=O)O)CCCN(C2CCS(=O)(=O)C2)C1. The van der Waals surface area contributed by atoms with Gasteiger partial charge in [0, 0.05) is 12.6 Å². The fourth-order valence-corrected chi connectivity index (χ4v) is 4.43. The number of hydrogen-bond acceptors (Lipinski definition) is 5. The Kier molecular flexibility index (Phi) is 3.17. The third kappa shape index (κ3) is 2.61. The highest BCUT2D eigenvalue weighted by molar-refractivity contribution is 7.91. The Labute approximate surface area is 101 Å². The lowest BCUT2D eigenvalue weighted by Crippen LogP contribution is -2.61. The van der Waals surface area contributed by atoms with Crippen LogP contribution in [0.15, 0.2) is 0 Å². The molecule has 0 saturated carbocycles. The van der Waals surface area contributed by atoms with Crippen LogP contribution in [0.5, 0.6) is 0 Å². The summed E-state index contributed by atoms with van der Waals surface area (Å²) in [6, 6.07) is -0.0532. The van der Waals surface area contributed by atoms with Crippen molar-refractivity contribution in [2.45, 2.75) is 30.8 Å². The van der Waals surface area contributed by atoms with E-state index in [2.05, 4.69) is 0 Å². The first-order chi connectivity index (χ1) is 7.82. The number of piperidine rings is 1. The van der Waals surface area contributed by atoms with Crippen molar-refractivity contribution >= 4 is 15.8 Å². The number of hydrogen-bond donors (Lipinski definition) is 2. The maximum atomic E-state index is 11.4. The van der Waals surface area contributed by atoms with E-state index in [1.54, 1.807) is 0 Å². The average Bonchev–Trinajstić information content (AvgIpc) is 2.59. The van der Waals surface area contributed by atoms with Crippen LogP contribution in [0.25, 0.3) is 0 Å². The van der Waals surface area contributed by atoms with E-state index < -0.39 is 21.3 Å². The van der Waals surface area contributed by atoms with E-state index in [0.29, 0.717) is 19.3 Å². The van der Waals surface area contributed by atoms with Crippen LogP contribution in [-0.2, 0) is 14.6 Å². The molecule has 0 bridgehead atoms. The molecule has 2 heterocycles. The molecule has 0 amide bonds. The molecular formula is C10H18N2O4S. The first-order valence-corrected chi connectivity index (χ1v) is 7.61. The van der Waals surface area contributed by atoms with E-state index in [1.165, 1.54) is 0 Å². The van der Waals surface area contributed by atoms with Crippen LogP contribution >= 0.6 is 0 Å². The zero-order valence-corrected chi connectivity index (χ0v) is 10.4. The molecule has 6 nitrogen and oxygen atoms in total. The van der Waals surface area contributed by atoms with Crippen LogP contribution < -0.4 is 5.73 Å². The Balaban J connectivity index is 2.06. The third-order valence-corrected chi connectivity index (χ3v) is 5.45. The van der Waals surface area contributed by atoms with E-state index in [0.717, 1.165) is 6.54 Å².